The van der Waals surface area contributed by atoms with E-state index in [9.17, 15) is 4.79 Å². The monoisotopic (exact) mass is 226 g/mol. The summed E-state index contributed by atoms with van der Waals surface area (Å²) in [4.78, 5) is 10.5. The summed E-state index contributed by atoms with van der Waals surface area (Å²) in [6.45, 7) is 0. The maximum absolute atomic E-state index is 10.5. The van der Waals surface area contributed by atoms with Gasteiger partial charge >= 0.3 is 0 Å². The Bertz CT molecular complexity index is 317. The molecule has 0 aromatic heterocycles. The van der Waals surface area contributed by atoms with E-state index in [4.69, 9.17) is 0 Å². The molecule has 2 aliphatic rings. The molecule has 0 saturated carbocycles. The molecule has 62 valence electrons. The van der Waals surface area contributed by atoms with Crippen molar-refractivity contribution in [3.05, 3.63) is 22.3 Å². The Kier molecular flexibility index (Phi) is 1.84. The lowest BCUT2D eigenvalue weighted by molar-refractivity contribution is -0.102. The van der Waals surface area contributed by atoms with E-state index < -0.39 is 0 Å². The lowest BCUT2D eigenvalue weighted by Gasteiger charge is -2.13. The zero-order valence-corrected chi connectivity index (χ0v) is 7.84. The number of carbonyl (C=O) groups is 1. The molecular weight excluding hydrogens is 220 g/mol. The fourth-order valence-electron chi connectivity index (χ4n) is 1.36. The molecule has 0 aromatic rings. The molecule has 0 saturated heterocycles. The van der Waals surface area contributed by atoms with E-state index in [2.05, 4.69) is 26.5 Å². The molecule has 0 amide bonds. The van der Waals surface area contributed by atoms with Gasteiger partial charge in [0, 0.05) is 5.70 Å². The first-order valence-corrected chi connectivity index (χ1v) is 4.45. The van der Waals surface area contributed by atoms with E-state index in [1.54, 1.807) is 0 Å². The van der Waals surface area contributed by atoms with Crippen LogP contribution in [0, 0.1) is 5.92 Å². The maximum Gasteiger partial charge on any atom is 0.166 e. The van der Waals surface area contributed by atoms with Crippen LogP contribution in [-0.2, 0) is 4.79 Å². The van der Waals surface area contributed by atoms with Gasteiger partial charge in [-0.2, -0.15) is 5.10 Å². The van der Waals surface area contributed by atoms with Crippen LogP contribution in [0.2, 0.25) is 0 Å². The number of hydrazone groups is 1. The highest BCUT2D eigenvalue weighted by Crippen LogP contribution is 2.30. The molecule has 0 radical (unpaired) electrons. The molecule has 12 heavy (non-hydrogen) atoms. The van der Waals surface area contributed by atoms with Crippen LogP contribution in [-0.4, -0.2) is 12.0 Å². The van der Waals surface area contributed by atoms with Crippen molar-refractivity contribution in [3.8, 4) is 0 Å². The number of fused-ring (bicyclic) bond motifs is 1. The second-order valence-electron chi connectivity index (χ2n) is 2.76. The fourth-order valence-corrected chi connectivity index (χ4v) is 1.82. The molecule has 2 rings (SSSR count). The Morgan fingerprint density at radius 1 is 1.67 bits per heavy atom. The van der Waals surface area contributed by atoms with Crippen LogP contribution in [0.1, 0.15) is 6.42 Å². The zero-order valence-electron chi connectivity index (χ0n) is 6.25. The van der Waals surface area contributed by atoms with E-state index in [0.717, 1.165) is 22.9 Å². The molecule has 0 aromatic carbocycles. The summed E-state index contributed by atoms with van der Waals surface area (Å²) in [5, 5.41) is 3.91. The van der Waals surface area contributed by atoms with Gasteiger partial charge in [0.25, 0.3) is 0 Å². The van der Waals surface area contributed by atoms with Gasteiger partial charge in [0.05, 0.1) is 5.92 Å². The molecule has 0 fully saturated rings. The third-order valence-corrected chi connectivity index (χ3v) is 2.60. The van der Waals surface area contributed by atoms with Gasteiger partial charge in [-0.1, -0.05) is 22.0 Å². The van der Waals surface area contributed by atoms with Gasteiger partial charge in [-0.15, -0.1) is 0 Å². The predicted molar refractivity (Wildman–Crippen MR) is 49.8 cm³/mol. The van der Waals surface area contributed by atoms with Crippen molar-refractivity contribution in [3.63, 3.8) is 0 Å². The van der Waals surface area contributed by atoms with Crippen LogP contribution in [0.3, 0.4) is 0 Å². The topological polar surface area (TPSA) is 41.5 Å². The largest absolute Gasteiger partial charge is 0.296 e. The molecule has 1 unspecified atom stereocenters. The van der Waals surface area contributed by atoms with Gasteiger partial charge in [0.1, 0.15) is 5.71 Å². The second-order valence-corrected chi connectivity index (χ2v) is 3.78. The standard InChI is InChI=1S/C8H7BrN2O/c9-5-1-2-7-6(3-5)8(4-12)11-10-7/h1-2,4,6,10H,3H2. The van der Waals surface area contributed by atoms with Crippen LogP contribution in [0.4, 0.5) is 0 Å². The third-order valence-electron chi connectivity index (χ3n) is 2.01. The average molecular weight is 227 g/mol. The smallest absolute Gasteiger partial charge is 0.166 e. The van der Waals surface area contributed by atoms with Crippen molar-refractivity contribution in [2.45, 2.75) is 6.42 Å². The summed E-state index contributed by atoms with van der Waals surface area (Å²) in [6, 6.07) is 0. The minimum atomic E-state index is 0.141. The molecule has 1 heterocycles. The van der Waals surface area contributed by atoms with E-state index in [1.807, 2.05) is 12.2 Å². The zero-order chi connectivity index (χ0) is 8.55. The number of hydrogen-bond donors (Lipinski definition) is 1. The third kappa shape index (κ3) is 1.12. The van der Waals surface area contributed by atoms with E-state index in [0.29, 0.717) is 5.71 Å². The SMILES string of the molecule is O=CC1=NNC2=CC=C(Br)CC21. The summed E-state index contributed by atoms with van der Waals surface area (Å²) < 4.78 is 1.11. The number of hydrogen-bond acceptors (Lipinski definition) is 3. The summed E-state index contributed by atoms with van der Waals surface area (Å²) in [7, 11) is 0. The van der Waals surface area contributed by atoms with Crippen molar-refractivity contribution in [1.29, 1.82) is 0 Å². The molecule has 0 bridgehead atoms. The van der Waals surface area contributed by atoms with Crippen LogP contribution < -0.4 is 5.43 Å². The Hall–Kier alpha value is -0.900. The molecule has 1 aliphatic heterocycles. The second kappa shape index (κ2) is 2.86. The summed E-state index contributed by atoms with van der Waals surface area (Å²) in [5.41, 5.74) is 4.44. The highest BCUT2D eigenvalue weighted by molar-refractivity contribution is 9.11. The van der Waals surface area contributed by atoms with Gasteiger partial charge < -0.3 is 0 Å². The Balaban J connectivity index is 2.29. The Labute approximate surface area is 78.3 Å². The van der Waals surface area contributed by atoms with Crippen LogP contribution in [0.15, 0.2) is 27.4 Å². The molecule has 4 heteroatoms. The van der Waals surface area contributed by atoms with Crippen molar-refractivity contribution in [1.82, 2.24) is 5.43 Å². The minimum absolute atomic E-state index is 0.141. The normalized spacial score (nSPS) is 26.4. The first-order valence-electron chi connectivity index (χ1n) is 3.66. The number of allylic oxidation sites excluding steroid dienone is 4. The van der Waals surface area contributed by atoms with E-state index >= 15 is 0 Å². The first kappa shape index (κ1) is 7.73. The van der Waals surface area contributed by atoms with Crippen molar-refractivity contribution in [2.24, 2.45) is 11.0 Å². The van der Waals surface area contributed by atoms with Crippen LogP contribution in [0.25, 0.3) is 0 Å². The Morgan fingerprint density at radius 2 is 2.50 bits per heavy atom. The summed E-state index contributed by atoms with van der Waals surface area (Å²) in [5.74, 6) is 0.141. The molecular formula is C8H7BrN2O. The van der Waals surface area contributed by atoms with Gasteiger partial charge in [-0.05, 0) is 17.0 Å². The number of aldehydes is 1. The van der Waals surface area contributed by atoms with Crippen molar-refractivity contribution >= 4 is 27.9 Å². The molecule has 3 nitrogen and oxygen atoms in total. The van der Waals surface area contributed by atoms with E-state index in [-0.39, 0.29) is 5.92 Å². The van der Waals surface area contributed by atoms with Crippen molar-refractivity contribution in [2.75, 3.05) is 0 Å². The lowest BCUT2D eigenvalue weighted by atomic mass is 9.94. The molecule has 1 atom stereocenters. The van der Waals surface area contributed by atoms with Gasteiger partial charge in [0.15, 0.2) is 6.29 Å². The molecule has 0 spiro atoms. The van der Waals surface area contributed by atoms with Crippen molar-refractivity contribution < 1.29 is 4.79 Å². The van der Waals surface area contributed by atoms with Gasteiger partial charge in [0.2, 0.25) is 0 Å². The fraction of sp³-hybridized carbons (Fsp3) is 0.250. The quantitative estimate of drug-likeness (QED) is 0.686. The van der Waals surface area contributed by atoms with Gasteiger partial charge in [-0.25, -0.2) is 0 Å². The highest BCUT2D eigenvalue weighted by atomic mass is 79.9. The number of nitrogens with one attached hydrogen (secondary N) is 1. The summed E-state index contributed by atoms with van der Waals surface area (Å²) >= 11 is 3.40. The number of halogens is 1. The minimum Gasteiger partial charge on any atom is -0.296 e. The number of nitrogens with zero attached hydrogens (tertiary/aromatic N) is 1. The van der Waals surface area contributed by atoms with Crippen LogP contribution >= 0.6 is 15.9 Å². The molecule has 1 N–H and O–H groups in total. The average Bonchev–Trinajstić information content (AvgIpc) is 2.46. The first-order chi connectivity index (χ1) is 5.81. The molecule has 1 aliphatic carbocycles. The van der Waals surface area contributed by atoms with Crippen LogP contribution in [0.5, 0.6) is 0 Å². The Morgan fingerprint density at radius 3 is 3.25 bits per heavy atom. The predicted octanol–water partition coefficient (Wildman–Crippen LogP) is 1.33. The lowest BCUT2D eigenvalue weighted by Crippen LogP contribution is -2.16. The maximum atomic E-state index is 10.5. The highest BCUT2D eigenvalue weighted by Gasteiger charge is 2.27. The van der Waals surface area contributed by atoms with Gasteiger partial charge in [-0.3, -0.25) is 10.2 Å². The van der Waals surface area contributed by atoms with E-state index in [1.165, 1.54) is 0 Å². The summed E-state index contributed by atoms with van der Waals surface area (Å²) in [6.07, 6.45) is 5.56. The number of carbonyl (C=O) groups excluding carboxylic acids is 1. The number of rotatable bonds is 1.